The zero-order chi connectivity index (χ0) is 17.0. The number of hydrogen-bond acceptors (Lipinski definition) is 0. The van der Waals surface area contributed by atoms with E-state index in [9.17, 15) is 0 Å². The van der Waals surface area contributed by atoms with Gasteiger partial charge in [0.1, 0.15) is 0 Å². The molecule has 4 aromatic rings. The van der Waals surface area contributed by atoms with Gasteiger partial charge in [-0.1, -0.05) is 109 Å². The topological polar surface area (TPSA) is 0 Å². The molecule has 0 aromatic heterocycles. The smallest absolute Gasteiger partial charge is 0.0622 e. The Bertz CT molecular complexity index is 747. The van der Waals surface area contributed by atoms with E-state index in [-0.39, 0.29) is 5.41 Å². The van der Waals surface area contributed by atoms with Gasteiger partial charge in [-0.25, -0.2) is 0 Å². The van der Waals surface area contributed by atoms with Crippen molar-refractivity contribution in [2.75, 3.05) is 0 Å². The molecule has 0 spiro atoms. The largest absolute Gasteiger partial charge is 0.0701 e. The summed E-state index contributed by atoms with van der Waals surface area (Å²) < 4.78 is 0. The maximum atomic E-state index is 3.15. The lowest BCUT2D eigenvalue weighted by Gasteiger charge is -2.36. The highest BCUT2D eigenvalue weighted by Crippen LogP contribution is 2.44. The average Bonchev–Trinajstić information content (AvgIpc) is 2.72. The van der Waals surface area contributed by atoms with Crippen molar-refractivity contribution in [2.45, 2.75) is 5.41 Å². The van der Waals surface area contributed by atoms with Gasteiger partial charge in [0.15, 0.2) is 0 Å². The number of rotatable bonds is 4. The molecule has 0 heterocycles. The van der Waals surface area contributed by atoms with Crippen LogP contribution < -0.4 is 0 Å². The van der Waals surface area contributed by atoms with E-state index in [4.69, 9.17) is 0 Å². The van der Waals surface area contributed by atoms with Gasteiger partial charge in [0, 0.05) is 0 Å². The van der Waals surface area contributed by atoms with Gasteiger partial charge < -0.3 is 0 Å². The van der Waals surface area contributed by atoms with Gasteiger partial charge in [-0.15, -0.1) is 0 Å². The SMILES string of the molecule is [c]1ccc(C(c2cc[c]cc2)(c2ccccc2)c2ccccc2)cc1. The lowest BCUT2D eigenvalue weighted by Crippen LogP contribution is -2.30. The van der Waals surface area contributed by atoms with E-state index in [0.717, 1.165) is 0 Å². The van der Waals surface area contributed by atoms with Crippen LogP contribution >= 0.6 is 0 Å². The highest BCUT2D eigenvalue weighted by Gasteiger charge is 2.37. The van der Waals surface area contributed by atoms with Crippen molar-refractivity contribution in [3.05, 3.63) is 144 Å². The number of benzene rings is 4. The third-order valence-electron chi connectivity index (χ3n) is 4.72. The fourth-order valence-corrected chi connectivity index (χ4v) is 3.65. The van der Waals surface area contributed by atoms with Crippen LogP contribution in [0.2, 0.25) is 0 Å². The monoisotopic (exact) mass is 318 g/mol. The second kappa shape index (κ2) is 6.78. The van der Waals surface area contributed by atoms with Crippen LogP contribution in [-0.2, 0) is 5.41 Å². The summed E-state index contributed by atoms with van der Waals surface area (Å²) in [4.78, 5) is 0. The third kappa shape index (κ3) is 2.66. The summed E-state index contributed by atoms with van der Waals surface area (Å²) in [5.41, 5.74) is 4.59. The van der Waals surface area contributed by atoms with Crippen LogP contribution in [0.1, 0.15) is 22.3 Å². The van der Waals surface area contributed by atoms with Gasteiger partial charge in [-0.05, 0) is 34.4 Å². The van der Waals surface area contributed by atoms with Crippen LogP contribution in [0.15, 0.2) is 109 Å². The summed E-state index contributed by atoms with van der Waals surface area (Å²) in [6.07, 6.45) is 0. The Morgan fingerprint density at radius 1 is 0.400 bits per heavy atom. The molecule has 0 aliphatic carbocycles. The first-order valence-electron chi connectivity index (χ1n) is 8.46. The molecule has 0 N–H and O–H groups in total. The third-order valence-corrected chi connectivity index (χ3v) is 4.72. The van der Waals surface area contributed by atoms with Crippen LogP contribution in [0.25, 0.3) is 0 Å². The first-order valence-corrected chi connectivity index (χ1v) is 8.46. The molecule has 0 saturated carbocycles. The summed E-state index contributed by atoms with van der Waals surface area (Å²) >= 11 is 0. The Labute approximate surface area is 149 Å². The van der Waals surface area contributed by atoms with Gasteiger partial charge in [-0.3, -0.25) is 0 Å². The maximum Gasteiger partial charge on any atom is 0.0701 e. The van der Waals surface area contributed by atoms with Crippen molar-refractivity contribution < 1.29 is 0 Å². The van der Waals surface area contributed by atoms with E-state index in [1.54, 1.807) is 0 Å². The molecule has 0 aliphatic rings. The Balaban J connectivity index is 2.13. The molecular formula is C25H18. The molecule has 0 amide bonds. The Morgan fingerprint density at radius 3 is 1.08 bits per heavy atom. The van der Waals surface area contributed by atoms with Gasteiger partial charge in [0.05, 0.1) is 5.41 Å². The fraction of sp³-hybridized carbons (Fsp3) is 0.0400. The summed E-state index contributed by atoms with van der Waals surface area (Å²) in [6, 6.07) is 44.3. The van der Waals surface area contributed by atoms with Crippen LogP contribution in [0.5, 0.6) is 0 Å². The molecule has 0 fully saturated rings. The minimum Gasteiger partial charge on any atom is -0.0622 e. The normalized spacial score (nSPS) is 11.2. The molecule has 0 unspecified atom stereocenters. The van der Waals surface area contributed by atoms with Crippen molar-refractivity contribution in [3.63, 3.8) is 0 Å². The molecule has 118 valence electrons. The summed E-state index contributed by atoms with van der Waals surface area (Å²) in [5.74, 6) is 0. The van der Waals surface area contributed by atoms with E-state index in [1.165, 1.54) is 22.3 Å². The Kier molecular flexibility index (Phi) is 4.18. The lowest BCUT2D eigenvalue weighted by atomic mass is 9.65. The Hall–Kier alpha value is -3.12. The molecule has 0 bridgehead atoms. The van der Waals surface area contributed by atoms with E-state index in [1.807, 2.05) is 24.3 Å². The maximum absolute atomic E-state index is 3.15. The zero-order valence-corrected chi connectivity index (χ0v) is 13.9. The second-order valence-electron chi connectivity index (χ2n) is 6.06. The quantitative estimate of drug-likeness (QED) is 0.425. The molecule has 0 aliphatic heterocycles. The molecule has 0 atom stereocenters. The number of hydrogen-bond donors (Lipinski definition) is 0. The van der Waals surface area contributed by atoms with E-state index >= 15 is 0 Å². The minimum atomic E-state index is -0.368. The lowest BCUT2D eigenvalue weighted by molar-refractivity contribution is 0.745. The van der Waals surface area contributed by atoms with Crippen molar-refractivity contribution in [1.82, 2.24) is 0 Å². The molecule has 0 heteroatoms. The highest BCUT2D eigenvalue weighted by atomic mass is 14.4. The van der Waals surface area contributed by atoms with Gasteiger partial charge >= 0.3 is 0 Å². The van der Waals surface area contributed by atoms with Gasteiger partial charge in [-0.2, -0.15) is 0 Å². The average molecular weight is 318 g/mol. The van der Waals surface area contributed by atoms with Crippen LogP contribution in [0, 0.1) is 12.1 Å². The summed E-state index contributed by atoms with van der Waals surface area (Å²) in [7, 11) is 0. The van der Waals surface area contributed by atoms with E-state index in [2.05, 4.69) is 97.1 Å². The molecule has 2 radical (unpaired) electrons. The fourth-order valence-electron chi connectivity index (χ4n) is 3.65. The minimum absolute atomic E-state index is 0.368. The van der Waals surface area contributed by atoms with Gasteiger partial charge in [0.25, 0.3) is 0 Å². The molecule has 4 rings (SSSR count). The molecule has 0 saturated heterocycles. The molecule has 25 heavy (non-hydrogen) atoms. The molecular weight excluding hydrogens is 300 g/mol. The summed E-state index contributed by atoms with van der Waals surface area (Å²) in [5, 5.41) is 0. The highest BCUT2D eigenvalue weighted by molar-refractivity contribution is 5.59. The van der Waals surface area contributed by atoms with Crippen molar-refractivity contribution in [3.8, 4) is 0 Å². The Morgan fingerprint density at radius 2 is 0.720 bits per heavy atom. The predicted molar refractivity (Wildman–Crippen MR) is 102 cm³/mol. The van der Waals surface area contributed by atoms with Crippen LogP contribution in [0.4, 0.5) is 0 Å². The van der Waals surface area contributed by atoms with Crippen molar-refractivity contribution in [2.24, 2.45) is 0 Å². The van der Waals surface area contributed by atoms with Crippen LogP contribution in [-0.4, -0.2) is 0 Å². The first kappa shape index (κ1) is 15.4. The van der Waals surface area contributed by atoms with Crippen molar-refractivity contribution in [1.29, 1.82) is 0 Å². The predicted octanol–water partition coefficient (Wildman–Crippen LogP) is 5.67. The van der Waals surface area contributed by atoms with E-state index in [0.29, 0.717) is 0 Å². The first-order chi connectivity index (χ1) is 12.4. The standard InChI is InChI=1S/C25H18/c1-5-13-21(14-6-1)25(22-15-7-2-8-16-22,23-17-9-3-10-18-23)24-19-11-4-12-20-24/h1-2,5-20H. The summed E-state index contributed by atoms with van der Waals surface area (Å²) in [6.45, 7) is 0. The molecule has 4 aromatic carbocycles. The second-order valence-corrected chi connectivity index (χ2v) is 6.06. The molecule has 0 nitrogen and oxygen atoms in total. The van der Waals surface area contributed by atoms with Crippen LogP contribution in [0.3, 0.4) is 0 Å². The van der Waals surface area contributed by atoms with Crippen molar-refractivity contribution >= 4 is 0 Å². The van der Waals surface area contributed by atoms with Gasteiger partial charge in [0.2, 0.25) is 0 Å². The van der Waals surface area contributed by atoms with E-state index < -0.39 is 0 Å². The zero-order valence-electron chi connectivity index (χ0n) is 13.9.